The number of carbonyl (C=O) groups excluding carboxylic acids is 2. The van der Waals surface area contributed by atoms with Gasteiger partial charge in [0.2, 0.25) is 5.91 Å². The summed E-state index contributed by atoms with van der Waals surface area (Å²) >= 11 is 0. The van der Waals surface area contributed by atoms with E-state index in [9.17, 15) is 24.5 Å². The van der Waals surface area contributed by atoms with Crippen molar-refractivity contribution in [1.82, 2.24) is 9.88 Å². The number of nitrogens with zero attached hydrogens (tertiary/aromatic N) is 2. The lowest BCUT2D eigenvalue weighted by atomic mass is 10.1. The fourth-order valence-electron chi connectivity index (χ4n) is 3.12. The number of benzene rings is 2. The van der Waals surface area contributed by atoms with E-state index in [2.05, 4.69) is 10.6 Å². The molecule has 162 valence electrons. The van der Waals surface area contributed by atoms with Crippen LogP contribution in [0.1, 0.15) is 16.1 Å². The van der Waals surface area contributed by atoms with Crippen LogP contribution in [-0.2, 0) is 17.9 Å². The molecular formula is C21H16N4O7. The van der Waals surface area contributed by atoms with E-state index >= 15 is 0 Å². The second-order valence-corrected chi connectivity index (χ2v) is 6.72. The Balaban J connectivity index is 1.50. The average molecular weight is 436 g/mol. The van der Waals surface area contributed by atoms with Crippen molar-refractivity contribution in [3.63, 3.8) is 0 Å². The number of aromatic nitrogens is 1. The summed E-state index contributed by atoms with van der Waals surface area (Å²) in [5, 5.41) is 16.2. The van der Waals surface area contributed by atoms with Crippen LogP contribution in [0.25, 0.3) is 11.1 Å². The number of para-hydroxylation sites is 1. The van der Waals surface area contributed by atoms with Crippen LogP contribution in [0.5, 0.6) is 0 Å². The predicted octanol–water partition coefficient (Wildman–Crippen LogP) is 2.66. The van der Waals surface area contributed by atoms with Gasteiger partial charge >= 0.3 is 5.76 Å². The van der Waals surface area contributed by atoms with Gasteiger partial charge in [0, 0.05) is 6.07 Å². The maximum atomic E-state index is 12.6. The number of anilines is 1. The molecule has 4 aromatic rings. The van der Waals surface area contributed by atoms with E-state index in [4.69, 9.17) is 8.83 Å². The van der Waals surface area contributed by atoms with Crippen molar-refractivity contribution in [3.8, 4) is 0 Å². The molecule has 32 heavy (non-hydrogen) atoms. The molecule has 0 aliphatic rings. The standard InChI is InChI=1S/C21H16N4O7/c26-19(12-24-17-8-7-13(25(29)30)10-18(17)32-21(24)28)23-16-6-2-1-5-15(16)20(27)22-11-14-4-3-9-31-14/h1-10H,11-12H2,(H,22,27)(H,23,26). The number of hydrogen-bond acceptors (Lipinski definition) is 7. The number of nitrogens with one attached hydrogen (secondary N) is 2. The fraction of sp³-hybridized carbons (Fsp3) is 0.0952. The van der Waals surface area contributed by atoms with Gasteiger partial charge in [-0.3, -0.25) is 24.3 Å². The zero-order valence-electron chi connectivity index (χ0n) is 16.4. The third-order valence-electron chi connectivity index (χ3n) is 4.61. The number of carbonyl (C=O) groups is 2. The molecular weight excluding hydrogens is 420 g/mol. The van der Waals surface area contributed by atoms with Gasteiger partial charge in [0.1, 0.15) is 12.3 Å². The third kappa shape index (κ3) is 4.26. The van der Waals surface area contributed by atoms with Gasteiger partial charge in [-0.25, -0.2) is 4.79 Å². The summed E-state index contributed by atoms with van der Waals surface area (Å²) in [5.41, 5.74) is 0.477. The molecule has 11 heteroatoms. The van der Waals surface area contributed by atoms with Crippen LogP contribution in [0.4, 0.5) is 11.4 Å². The average Bonchev–Trinajstić information content (AvgIpc) is 3.40. The number of furan rings is 1. The van der Waals surface area contributed by atoms with Crippen molar-refractivity contribution in [2.75, 3.05) is 5.32 Å². The Morgan fingerprint density at radius 2 is 1.91 bits per heavy atom. The van der Waals surface area contributed by atoms with Gasteiger partial charge < -0.3 is 19.5 Å². The number of fused-ring (bicyclic) bond motifs is 1. The maximum absolute atomic E-state index is 12.6. The molecule has 2 N–H and O–H groups in total. The first-order chi connectivity index (χ1) is 15.4. The van der Waals surface area contributed by atoms with E-state index in [1.54, 1.807) is 36.4 Å². The maximum Gasteiger partial charge on any atom is 0.420 e. The molecule has 2 heterocycles. The van der Waals surface area contributed by atoms with Gasteiger partial charge in [-0.2, -0.15) is 0 Å². The lowest BCUT2D eigenvalue weighted by Gasteiger charge is -2.11. The molecule has 0 radical (unpaired) electrons. The molecule has 2 amide bonds. The van der Waals surface area contributed by atoms with Crippen LogP contribution in [0.2, 0.25) is 0 Å². The molecule has 0 atom stereocenters. The van der Waals surface area contributed by atoms with Crippen molar-refractivity contribution in [2.24, 2.45) is 0 Å². The normalized spacial score (nSPS) is 10.8. The highest BCUT2D eigenvalue weighted by molar-refractivity contribution is 6.03. The smallest absolute Gasteiger partial charge is 0.420 e. The second kappa shape index (κ2) is 8.60. The minimum atomic E-state index is -0.833. The van der Waals surface area contributed by atoms with Crippen LogP contribution < -0.4 is 16.4 Å². The van der Waals surface area contributed by atoms with Gasteiger partial charge in [-0.05, 0) is 30.3 Å². The Labute approximate surface area is 179 Å². The van der Waals surface area contributed by atoms with Gasteiger partial charge in [-0.1, -0.05) is 12.1 Å². The minimum absolute atomic E-state index is 0.00490. The number of nitro groups is 1. The molecule has 2 aromatic heterocycles. The largest absolute Gasteiger partial charge is 0.467 e. The van der Waals surface area contributed by atoms with E-state index in [1.807, 2.05) is 0 Å². The summed E-state index contributed by atoms with van der Waals surface area (Å²) in [6.45, 7) is -0.233. The Morgan fingerprint density at radius 1 is 1.09 bits per heavy atom. The lowest BCUT2D eigenvalue weighted by Crippen LogP contribution is -2.27. The fourth-order valence-corrected chi connectivity index (χ4v) is 3.12. The molecule has 0 saturated carbocycles. The Kier molecular flexibility index (Phi) is 5.53. The number of oxazole rings is 1. The highest BCUT2D eigenvalue weighted by Gasteiger charge is 2.18. The summed E-state index contributed by atoms with van der Waals surface area (Å²) in [6, 6.07) is 13.5. The van der Waals surface area contributed by atoms with E-state index < -0.39 is 29.0 Å². The lowest BCUT2D eigenvalue weighted by molar-refractivity contribution is -0.384. The minimum Gasteiger partial charge on any atom is -0.467 e. The third-order valence-corrected chi connectivity index (χ3v) is 4.61. The van der Waals surface area contributed by atoms with E-state index in [0.29, 0.717) is 5.76 Å². The molecule has 2 aromatic carbocycles. The number of nitro benzene ring substituents is 1. The van der Waals surface area contributed by atoms with Crippen LogP contribution in [0.3, 0.4) is 0 Å². The summed E-state index contributed by atoms with van der Waals surface area (Å²) < 4.78 is 11.2. The highest BCUT2D eigenvalue weighted by atomic mass is 16.6. The Morgan fingerprint density at radius 3 is 2.66 bits per heavy atom. The molecule has 0 fully saturated rings. The predicted molar refractivity (Wildman–Crippen MR) is 112 cm³/mol. The van der Waals surface area contributed by atoms with Crippen LogP contribution in [-0.4, -0.2) is 21.3 Å². The van der Waals surface area contributed by atoms with Crippen molar-refractivity contribution in [2.45, 2.75) is 13.1 Å². The molecule has 0 saturated heterocycles. The molecule has 0 bridgehead atoms. The highest BCUT2D eigenvalue weighted by Crippen LogP contribution is 2.20. The monoisotopic (exact) mass is 436 g/mol. The van der Waals surface area contributed by atoms with Crippen LogP contribution >= 0.6 is 0 Å². The zero-order valence-corrected chi connectivity index (χ0v) is 16.4. The summed E-state index contributed by atoms with van der Waals surface area (Å²) in [6.07, 6.45) is 1.50. The van der Waals surface area contributed by atoms with Crippen molar-refractivity contribution in [1.29, 1.82) is 0 Å². The molecule has 0 spiro atoms. The first-order valence-electron chi connectivity index (χ1n) is 9.39. The Hall–Kier alpha value is -4.67. The molecule has 0 aliphatic carbocycles. The van der Waals surface area contributed by atoms with Crippen molar-refractivity contribution >= 4 is 34.3 Å². The van der Waals surface area contributed by atoms with Crippen LogP contribution in [0.15, 0.2) is 74.5 Å². The van der Waals surface area contributed by atoms with E-state index in [-0.39, 0.29) is 34.6 Å². The molecule has 0 aliphatic heterocycles. The zero-order chi connectivity index (χ0) is 22.7. The number of rotatable bonds is 7. The molecule has 11 nitrogen and oxygen atoms in total. The first kappa shape index (κ1) is 20.6. The summed E-state index contributed by atoms with van der Waals surface area (Å²) in [5.74, 6) is -1.26. The van der Waals surface area contributed by atoms with E-state index in [1.165, 1.54) is 18.4 Å². The topological polar surface area (TPSA) is 150 Å². The number of hydrogen-bond donors (Lipinski definition) is 2. The Bertz CT molecular complexity index is 1370. The quantitative estimate of drug-likeness (QED) is 0.334. The van der Waals surface area contributed by atoms with Crippen molar-refractivity contribution < 1.29 is 23.3 Å². The van der Waals surface area contributed by atoms with Gasteiger partial charge in [-0.15, -0.1) is 0 Å². The number of non-ortho nitro benzene ring substituents is 1. The van der Waals surface area contributed by atoms with Gasteiger partial charge in [0.15, 0.2) is 5.58 Å². The van der Waals surface area contributed by atoms with Crippen LogP contribution in [0, 0.1) is 10.1 Å². The number of amides is 2. The first-order valence-corrected chi connectivity index (χ1v) is 9.39. The van der Waals surface area contributed by atoms with E-state index in [0.717, 1.165) is 10.6 Å². The summed E-state index contributed by atoms with van der Waals surface area (Å²) in [7, 11) is 0. The molecule has 0 unspecified atom stereocenters. The SMILES string of the molecule is O=C(Cn1c(=O)oc2cc([N+](=O)[O-])ccc21)Nc1ccccc1C(=O)NCc1ccco1. The van der Waals surface area contributed by atoms with Gasteiger partial charge in [0.05, 0.1) is 40.6 Å². The van der Waals surface area contributed by atoms with Crippen molar-refractivity contribution in [3.05, 3.63) is 92.8 Å². The molecule has 4 rings (SSSR count). The second-order valence-electron chi connectivity index (χ2n) is 6.72. The summed E-state index contributed by atoms with van der Waals surface area (Å²) in [4.78, 5) is 47.6. The van der Waals surface area contributed by atoms with Gasteiger partial charge in [0.25, 0.3) is 11.6 Å².